The molecule has 86 valence electrons. The van der Waals surface area contributed by atoms with Crippen LogP contribution in [-0.4, -0.2) is 0 Å². The molecule has 0 radical (unpaired) electrons. The molecule has 0 fully saturated rings. The maximum Gasteiger partial charge on any atom is 0.0397 e. The van der Waals surface area contributed by atoms with E-state index in [2.05, 4.69) is 34.7 Å². The number of hydrogen-bond donors (Lipinski definition) is 2. The number of hydrogen-bond acceptors (Lipinski definition) is 2. The van der Waals surface area contributed by atoms with Crippen LogP contribution in [0, 0.1) is 0 Å². The van der Waals surface area contributed by atoms with E-state index < -0.39 is 0 Å². The zero-order valence-electron chi connectivity index (χ0n) is 9.33. The average molecular weight is 336 g/mol. The van der Waals surface area contributed by atoms with E-state index in [4.69, 9.17) is 11.5 Å². The van der Waals surface area contributed by atoms with E-state index in [1.807, 2.05) is 18.2 Å². The first-order valence-corrected chi connectivity index (χ1v) is 6.69. The first-order chi connectivity index (χ1) is 8.15. The normalized spacial score (nSPS) is 14.5. The molecule has 0 saturated heterocycles. The minimum atomic E-state index is 0.790. The van der Waals surface area contributed by atoms with Gasteiger partial charge in [-0.3, -0.25) is 0 Å². The molecule has 2 aromatic carbocycles. The fourth-order valence-electron chi connectivity index (χ4n) is 2.45. The van der Waals surface area contributed by atoms with Crippen molar-refractivity contribution in [3.8, 4) is 0 Å². The molecule has 0 atom stereocenters. The summed E-state index contributed by atoms with van der Waals surface area (Å²) in [7, 11) is 0. The summed E-state index contributed by atoms with van der Waals surface area (Å²) in [6.07, 6.45) is 4.37. The number of allylic oxidation sites excluding steroid dienone is 1. The number of fused-ring (bicyclic) bond motifs is 3. The lowest BCUT2D eigenvalue weighted by Crippen LogP contribution is -2.02. The second-order valence-corrected chi connectivity index (χ2v) is 5.82. The number of aryl methyl sites for hydroxylation is 1. The molecular weight excluding hydrogens is 323 g/mol. The van der Waals surface area contributed by atoms with Crippen molar-refractivity contribution in [1.82, 2.24) is 0 Å². The van der Waals surface area contributed by atoms with Gasteiger partial charge in [0.15, 0.2) is 0 Å². The predicted octanol–water partition coefficient (Wildman–Crippen LogP) is 3.73. The van der Waals surface area contributed by atoms with Crippen LogP contribution in [0.4, 0.5) is 11.4 Å². The summed E-state index contributed by atoms with van der Waals surface area (Å²) < 4.78 is 1.37. The zero-order valence-corrected chi connectivity index (χ0v) is 11.5. The van der Waals surface area contributed by atoms with Crippen LogP contribution in [0.2, 0.25) is 0 Å². The van der Waals surface area contributed by atoms with Gasteiger partial charge in [-0.15, -0.1) is 0 Å². The maximum atomic E-state index is 6.13. The van der Waals surface area contributed by atoms with Crippen molar-refractivity contribution in [3.63, 3.8) is 0 Å². The first-order valence-electron chi connectivity index (χ1n) is 5.62. The highest BCUT2D eigenvalue weighted by Gasteiger charge is 2.14. The summed E-state index contributed by atoms with van der Waals surface area (Å²) in [6, 6.07) is 8.09. The van der Waals surface area contributed by atoms with Crippen LogP contribution in [0.15, 0.2) is 27.8 Å². The summed E-state index contributed by atoms with van der Waals surface area (Å²) in [5.41, 5.74) is 16.1. The van der Waals surface area contributed by atoms with Crippen molar-refractivity contribution in [1.29, 1.82) is 0 Å². The fourth-order valence-corrected chi connectivity index (χ4v) is 3.03. The van der Waals surface area contributed by atoms with Crippen molar-refractivity contribution < 1.29 is 0 Å². The topological polar surface area (TPSA) is 52.0 Å². The Bertz CT molecular complexity index is 644. The molecule has 0 amide bonds. The van der Waals surface area contributed by atoms with Crippen LogP contribution in [0.3, 0.4) is 0 Å². The Hall–Kier alpha value is -1.23. The van der Waals surface area contributed by atoms with E-state index in [1.54, 1.807) is 0 Å². The molecule has 4 N–H and O–H groups in total. The molecule has 1 aliphatic carbocycles. The van der Waals surface area contributed by atoms with Crippen LogP contribution in [0.1, 0.15) is 17.5 Å². The SMILES string of the molecule is Nc1ccc2c3c(c(N)cc2c1)C=C(I)CC3. The lowest BCUT2D eigenvalue weighted by Gasteiger charge is -2.18. The molecule has 1 aliphatic rings. The second-order valence-electron chi connectivity index (χ2n) is 4.43. The van der Waals surface area contributed by atoms with Gasteiger partial charge in [-0.05, 0) is 79.6 Å². The summed E-state index contributed by atoms with van der Waals surface area (Å²) in [5, 5.41) is 2.43. The van der Waals surface area contributed by atoms with E-state index in [1.165, 1.54) is 20.1 Å². The van der Waals surface area contributed by atoms with Gasteiger partial charge in [0.1, 0.15) is 0 Å². The van der Waals surface area contributed by atoms with Gasteiger partial charge in [0, 0.05) is 16.9 Å². The van der Waals surface area contributed by atoms with E-state index in [9.17, 15) is 0 Å². The number of nitrogen functional groups attached to an aromatic ring is 2. The standard InChI is InChI=1S/C14H13IN2/c15-9-1-3-12-11-4-2-10(16)5-8(11)6-14(17)13(12)7-9/h2,4-7H,1,3,16-17H2. The van der Waals surface area contributed by atoms with E-state index in [-0.39, 0.29) is 0 Å². The Morgan fingerprint density at radius 1 is 1.06 bits per heavy atom. The minimum Gasteiger partial charge on any atom is -0.399 e. The minimum absolute atomic E-state index is 0.790. The Morgan fingerprint density at radius 2 is 1.88 bits per heavy atom. The molecule has 0 saturated carbocycles. The van der Waals surface area contributed by atoms with Gasteiger partial charge in [-0.2, -0.15) is 0 Å². The molecule has 0 bridgehead atoms. The molecular formula is C14H13IN2. The zero-order chi connectivity index (χ0) is 12.0. The van der Waals surface area contributed by atoms with Crippen LogP contribution in [0.5, 0.6) is 0 Å². The van der Waals surface area contributed by atoms with Crippen molar-refractivity contribution in [2.24, 2.45) is 0 Å². The van der Waals surface area contributed by atoms with Crippen molar-refractivity contribution >= 4 is 50.8 Å². The van der Waals surface area contributed by atoms with Gasteiger partial charge in [-0.1, -0.05) is 6.07 Å². The van der Waals surface area contributed by atoms with Gasteiger partial charge >= 0.3 is 0 Å². The van der Waals surface area contributed by atoms with Crippen LogP contribution >= 0.6 is 22.6 Å². The van der Waals surface area contributed by atoms with Gasteiger partial charge < -0.3 is 11.5 Å². The van der Waals surface area contributed by atoms with E-state index >= 15 is 0 Å². The number of rotatable bonds is 0. The van der Waals surface area contributed by atoms with Crippen molar-refractivity contribution in [2.45, 2.75) is 12.8 Å². The largest absolute Gasteiger partial charge is 0.399 e. The summed E-state index contributed by atoms with van der Waals surface area (Å²) in [6.45, 7) is 0. The quantitative estimate of drug-likeness (QED) is 0.569. The van der Waals surface area contributed by atoms with Gasteiger partial charge in [0.05, 0.1) is 0 Å². The van der Waals surface area contributed by atoms with E-state index in [0.29, 0.717) is 0 Å². The highest BCUT2D eigenvalue weighted by molar-refractivity contribution is 14.1. The highest BCUT2D eigenvalue weighted by atomic mass is 127. The molecule has 0 unspecified atom stereocenters. The first kappa shape index (κ1) is 10.9. The summed E-state index contributed by atoms with van der Waals surface area (Å²) in [5.74, 6) is 0. The van der Waals surface area contributed by atoms with Crippen LogP contribution in [-0.2, 0) is 6.42 Å². The van der Waals surface area contributed by atoms with Gasteiger partial charge in [0.25, 0.3) is 0 Å². The Kier molecular flexibility index (Phi) is 2.50. The molecule has 3 rings (SSSR count). The Morgan fingerprint density at radius 3 is 2.71 bits per heavy atom. The summed E-state index contributed by atoms with van der Waals surface area (Å²) in [4.78, 5) is 0. The van der Waals surface area contributed by atoms with Gasteiger partial charge in [0.2, 0.25) is 0 Å². The molecule has 0 aromatic heterocycles. The number of benzene rings is 2. The lowest BCUT2D eigenvalue weighted by molar-refractivity contribution is 0.993. The molecule has 2 nitrogen and oxygen atoms in total. The van der Waals surface area contributed by atoms with Crippen molar-refractivity contribution in [2.75, 3.05) is 11.5 Å². The smallest absolute Gasteiger partial charge is 0.0397 e. The Labute approximate surface area is 114 Å². The predicted molar refractivity (Wildman–Crippen MR) is 83.1 cm³/mol. The second kappa shape index (κ2) is 3.91. The third-order valence-electron chi connectivity index (χ3n) is 3.26. The Balaban J connectivity index is 2.39. The average Bonchev–Trinajstić information content (AvgIpc) is 2.29. The van der Waals surface area contributed by atoms with Crippen LogP contribution in [0.25, 0.3) is 16.8 Å². The third kappa shape index (κ3) is 1.78. The van der Waals surface area contributed by atoms with Crippen LogP contribution < -0.4 is 11.5 Å². The summed E-state index contributed by atoms with van der Waals surface area (Å²) >= 11 is 2.38. The van der Waals surface area contributed by atoms with Gasteiger partial charge in [-0.25, -0.2) is 0 Å². The molecule has 0 spiro atoms. The fraction of sp³-hybridized carbons (Fsp3) is 0.143. The maximum absolute atomic E-state index is 6.13. The third-order valence-corrected chi connectivity index (χ3v) is 4.11. The number of nitrogens with two attached hydrogens (primary N) is 2. The highest BCUT2D eigenvalue weighted by Crippen LogP contribution is 2.36. The molecule has 3 heteroatoms. The lowest BCUT2D eigenvalue weighted by atomic mass is 9.90. The van der Waals surface area contributed by atoms with E-state index in [0.717, 1.165) is 29.6 Å². The molecule has 0 heterocycles. The number of halogens is 1. The number of anilines is 2. The molecule has 2 aromatic rings. The molecule has 0 aliphatic heterocycles. The monoisotopic (exact) mass is 336 g/mol. The molecule has 17 heavy (non-hydrogen) atoms. The van der Waals surface area contributed by atoms with Crippen molar-refractivity contribution in [3.05, 3.63) is 39.0 Å².